The Hall–Kier alpha value is -1.01. The minimum atomic E-state index is -1.00. The van der Waals surface area contributed by atoms with Gasteiger partial charge >= 0.3 is 5.97 Å². The first-order chi connectivity index (χ1) is 4.16. The molecule has 0 spiro atoms. The number of hydrogen-bond acceptors (Lipinski definition) is 2. The van der Waals surface area contributed by atoms with Crippen molar-refractivity contribution in [1.29, 1.82) is 0 Å². The lowest BCUT2D eigenvalue weighted by Gasteiger charge is -2.01. The van der Waals surface area contributed by atoms with Crippen molar-refractivity contribution in [2.45, 2.75) is 13.0 Å². The van der Waals surface area contributed by atoms with Crippen LogP contribution in [-0.2, 0) is 9.53 Å². The topological polar surface area (TPSA) is 46.5 Å². The van der Waals surface area contributed by atoms with E-state index in [1.807, 2.05) is 0 Å². The van der Waals surface area contributed by atoms with Crippen molar-refractivity contribution >= 4 is 5.97 Å². The van der Waals surface area contributed by atoms with Gasteiger partial charge in [-0.15, -0.1) is 6.42 Å². The van der Waals surface area contributed by atoms with Gasteiger partial charge in [-0.25, -0.2) is 4.79 Å². The summed E-state index contributed by atoms with van der Waals surface area (Å²) in [6, 6.07) is 0. The Bertz CT molecular complexity index is 134. The van der Waals surface area contributed by atoms with Gasteiger partial charge in [-0.3, -0.25) is 0 Å². The summed E-state index contributed by atoms with van der Waals surface area (Å²) in [5.74, 6) is 1.23. The van der Waals surface area contributed by atoms with Crippen LogP contribution in [0.2, 0.25) is 0 Å². The van der Waals surface area contributed by atoms with E-state index >= 15 is 0 Å². The van der Waals surface area contributed by atoms with Crippen LogP contribution in [0.3, 0.4) is 0 Å². The monoisotopic (exact) mass is 128 g/mol. The lowest BCUT2D eigenvalue weighted by atomic mass is 10.4. The molecule has 0 aromatic rings. The number of aliphatic carboxylic acids is 1. The maximum absolute atomic E-state index is 9.83. The molecule has 0 aromatic carbocycles. The van der Waals surface area contributed by atoms with Crippen molar-refractivity contribution in [3.63, 3.8) is 0 Å². The summed E-state index contributed by atoms with van der Waals surface area (Å²) in [5.41, 5.74) is 0. The number of carboxylic acids is 1. The highest BCUT2D eigenvalue weighted by atomic mass is 16.5. The van der Waals surface area contributed by atoms with Crippen molar-refractivity contribution in [2.75, 3.05) is 6.61 Å². The van der Waals surface area contributed by atoms with Gasteiger partial charge in [0.05, 0.1) is 0 Å². The summed E-state index contributed by atoms with van der Waals surface area (Å²) in [6.45, 7) is 1.29. The van der Waals surface area contributed by atoms with E-state index in [4.69, 9.17) is 11.5 Å². The van der Waals surface area contributed by atoms with Crippen molar-refractivity contribution in [2.24, 2.45) is 0 Å². The second-order valence-corrected chi connectivity index (χ2v) is 1.51. The zero-order valence-corrected chi connectivity index (χ0v) is 5.13. The molecule has 1 atom stereocenters. The molecule has 0 aliphatic rings. The number of rotatable bonds is 3. The average Bonchev–Trinajstić information content (AvgIpc) is 1.83. The van der Waals surface area contributed by atoms with Crippen molar-refractivity contribution < 1.29 is 14.6 Å². The maximum atomic E-state index is 9.83. The van der Waals surface area contributed by atoms with Crippen molar-refractivity contribution in [1.82, 2.24) is 0 Å². The van der Waals surface area contributed by atoms with Crippen LogP contribution in [0.4, 0.5) is 0 Å². The maximum Gasteiger partial charge on any atom is 0.329 e. The summed E-state index contributed by atoms with van der Waals surface area (Å²) >= 11 is 0. The third-order valence-electron chi connectivity index (χ3n) is 0.692. The number of carboxylic acid groups (broad SMARTS) is 1. The fourth-order valence-corrected chi connectivity index (χ4v) is 0.244. The summed E-state index contributed by atoms with van der Waals surface area (Å²) in [4.78, 5) is 9.83. The van der Waals surface area contributed by atoms with E-state index in [1.54, 1.807) is 6.92 Å². The fourth-order valence-electron chi connectivity index (χ4n) is 0.244. The minimum absolute atomic E-state index is 0.328. The van der Waals surface area contributed by atoms with E-state index < -0.39 is 12.1 Å². The van der Waals surface area contributed by atoms with Gasteiger partial charge < -0.3 is 9.84 Å². The van der Waals surface area contributed by atoms with Crippen molar-refractivity contribution in [3.8, 4) is 12.3 Å². The molecule has 0 saturated carbocycles. The summed E-state index contributed by atoms with van der Waals surface area (Å²) in [6.07, 6.45) is 4.47. The molecule has 9 heavy (non-hydrogen) atoms. The van der Waals surface area contributed by atoms with Crippen LogP contribution >= 0.6 is 0 Å². The Morgan fingerprint density at radius 3 is 2.89 bits per heavy atom. The molecule has 0 aromatic heterocycles. The second-order valence-electron chi connectivity index (χ2n) is 1.51. The van der Waals surface area contributed by atoms with Gasteiger partial charge in [-0.05, 0) is 6.92 Å². The van der Waals surface area contributed by atoms with E-state index in [0.717, 1.165) is 0 Å². The van der Waals surface area contributed by atoms with E-state index in [2.05, 4.69) is 10.7 Å². The molecule has 0 bridgehead atoms. The van der Waals surface area contributed by atoms with Gasteiger partial charge in [0.1, 0.15) is 12.7 Å². The largest absolute Gasteiger partial charge is 0.480 e. The first-order valence-electron chi connectivity index (χ1n) is 2.46. The molecule has 0 rings (SSSR count). The normalized spacial score (nSPS) is 12.0. The van der Waals surface area contributed by atoms with Gasteiger partial charge in [0, 0.05) is 0 Å². The molecule has 50 valence electrons. The average molecular weight is 128 g/mol. The zero-order chi connectivity index (χ0) is 7.28. The highest BCUT2D eigenvalue weighted by Gasteiger charge is 1.99. The molecule has 0 aliphatic heterocycles. The number of hydrogen-bond donors (Lipinski definition) is 1. The molecular formula is C6H8O3. The molecule has 0 saturated heterocycles. The third-order valence-corrected chi connectivity index (χ3v) is 0.692. The molecule has 0 heterocycles. The highest BCUT2D eigenvalue weighted by Crippen LogP contribution is 1.85. The van der Waals surface area contributed by atoms with Crippen LogP contribution in [0.25, 0.3) is 0 Å². The number of terminal acetylenes is 1. The summed E-state index contributed by atoms with van der Waals surface area (Å²) in [7, 11) is 0. The Labute approximate surface area is 53.6 Å². The van der Waals surface area contributed by atoms with Gasteiger partial charge in [0.25, 0.3) is 0 Å². The zero-order valence-electron chi connectivity index (χ0n) is 5.13. The molecule has 1 unspecified atom stereocenters. The molecule has 0 amide bonds. The summed E-state index contributed by atoms with van der Waals surface area (Å²) < 4.78 is 4.62. The lowest BCUT2D eigenvalue weighted by Crippen LogP contribution is -2.13. The highest BCUT2D eigenvalue weighted by molar-refractivity contribution is 5.68. The second kappa shape index (κ2) is 3.93. The minimum Gasteiger partial charge on any atom is -0.480 e. The van der Waals surface area contributed by atoms with Crippen LogP contribution in [-0.4, -0.2) is 23.8 Å². The van der Waals surface area contributed by atoms with E-state index in [9.17, 15) is 4.79 Å². The molecule has 3 nitrogen and oxygen atoms in total. The molecule has 0 radical (unpaired) electrons. The Balaban J connectivity index is 3.30. The Kier molecular flexibility index (Phi) is 3.49. The quantitative estimate of drug-likeness (QED) is 0.549. The van der Waals surface area contributed by atoms with Gasteiger partial charge in [-0.2, -0.15) is 0 Å². The van der Waals surface area contributed by atoms with Crippen LogP contribution in [0.5, 0.6) is 0 Å². The lowest BCUT2D eigenvalue weighted by molar-refractivity contribution is -0.143. The predicted molar refractivity (Wildman–Crippen MR) is 31.9 cm³/mol. The van der Waals surface area contributed by atoms with Crippen LogP contribution in [0.1, 0.15) is 6.92 Å². The molecule has 0 aliphatic carbocycles. The molecular weight excluding hydrogens is 120 g/mol. The van der Waals surface area contributed by atoms with Crippen LogP contribution in [0.15, 0.2) is 0 Å². The van der Waals surface area contributed by atoms with Crippen LogP contribution in [0, 0.1) is 12.3 Å². The number of carbonyl (C=O) groups is 1. The fraction of sp³-hybridized carbons (Fsp3) is 0.500. The van der Waals surface area contributed by atoms with E-state index in [-0.39, 0.29) is 6.61 Å². The molecule has 0 fully saturated rings. The van der Waals surface area contributed by atoms with Crippen LogP contribution < -0.4 is 0 Å². The Morgan fingerprint density at radius 2 is 2.56 bits per heavy atom. The predicted octanol–water partition coefficient (Wildman–Crippen LogP) is 0.109. The van der Waals surface area contributed by atoms with Crippen molar-refractivity contribution in [3.05, 3.63) is 0 Å². The first kappa shape index (κ1) is 7.99. The third kappa shape index (κ3) is 4.85. The molecule has 1 N–H and O–H groups in total. The Morgan fingerprint density at radius 1 is 2.00 bits per heavy atom. The van der Waals surface area contributed by atoms with E-state index in [1.165, 1.54) is 0 Å². The molecule has 3 heteroatoms. The summed E-state index contributed by atoms with van der Waals surface area (Å²) in [5, 5.41) is 8.06. The van der Waals surface area contributed by atoms with Gasteiger partial charge in [0.2, 0.25) is 0 Å². The first-order valence-corrected chi connectivity index (χ1v) is 2.46. The van der Waals surface area contributed by atoms with Gasteiger partial charge in [0.15, 0.2) is 0 Å². The van der Waals surface area contributed by atoms with Gasteiger partial charge in [-0.1, -0.05) is 5.92 Å². The smallest absolute Gasteiger partial charge is 0.329 e. The SMILES string of the molecule is C#CC(C)OCC(=O)O. The standard InChI is InChI=1S/C6H8O3/c1-3-5(2)9-4-6(7)8/h1,5H,4H2,2H3,(H,7,8). The number of ether oxygens (including phenoxy) is 1. The van der Waals surface area contributed by atoms with E-state index in [0.29, 0.717) is 0 Å².